The van der Waals surface area contributed by atoms with Crippen molar-refractivity contribution in [1.29, 1.82) is 0 Å². The van der Waals surface area contributed by atoms with Gasteiger partial charge in [-0.25, -0.2) is 4.79 Å². The normalized spacial score (nSPS) is 17.6. The van der Waals surface area contributed by atoms with Crippen molar-refractivity contribution in [2.45, 2.75) is 102 Å². The molecule has 184 valence electrons. The number of aliphatic hydroxyl groups is 1. The molecule has 1 N–H and O–H groups in total. The number of carbonyl (C=O) groups is 1. The van der Waals surface area contributed by atoms with Crippen molar-refractivity contribution in [3.8, 4) is 0 Å². The summed E-state index contributed by atoms with van der Waals surface area (Å²) in [6.45, 7) is 2.92. The minimum absolute atomic E-state index is 0.0230. The van der Waals surface area contributed by atoms with E-state index in [1.165, 1.54) is 44.9 Å². The molecule has 0 spiro atoms. The first kappa shape index (κ1) is 28.1. The van der Waals surface area contributed by atoms with Crippen LogP contribution >= 0.6 is 0 Å². The van der Waals surface area contributed by atoms with Crippen molar-refractivity contribution in [3.05, 3.63) is 0 Å². The molecule has 7 nitrogen and oxygen atoms in total. The second-order valence-corrected chi connectivity index (χ2v) is 8.79. The van der Waals surface area contributed by atoms with Crippen LogP contribution in [0.3, 0.4) is 0 Å². The van der Waals surface area contributed by atoms with Gasteiger partial charge in [0.25, 0.3) is 0 Å². The highest BCUT2D eigenvalue weighted by Crippen LogP contribution is 2.16. The van der Waals surface area contributed by atoms with E-state index in [0.29, 0.717) is 13.0 Å². The lowest BCUT2D eigenvalue weighted by molar-refractivity contribution is -0.162. The van der Waals surface area contributed by atoms with E-state index < -0.39 is 6.16 Å². The van der Waals surface area contributed by atoms with Crippen LogP contribution in [0, 0.1) is 0 Å². The van der Waals surface area contributed by atoms with E-state index in [1.807, 2.05) is 19.0 Å². The smallest absolute Gasteiger partial charge is 0.434 e. The van der Waals surface area contributed by atoms with Crippen molar-refractivity contribution >= 4 is 6.16 Å². The zero-order valence-electron chi connectivity index (χ0n) is 20.0. The fourth-order valence-electron chi connectivity index (χ4n) is 3.70. The second-order valence-electron chi connectivity index (χ2n) is 8.79. The van der Waals surface area contributed by atoms with Crippen molar-refractivity contribution < 1.29 is 28.8 Å². The topological polar surface area (TPSA) is 77.5 Å². The molecule has 0 amide bonds. The number of aliphatic hydroxyl groups excluding tert-OH is 1. The van der Waals surface area contributed by atoms with Crippen molar-refractivity contribution in [3.63, 3.8) is 0 Å². The summed E-state index contributed by atoms with van der Waals surface area (Å²) in [4.78, 5) is 13.8. The van der Waals surface area contributed by atoms with Gasteiger partial charge < -0.3 is 29.0 Å². The summed E-state index contributed by atoms with van der Waals surface area (Å²) in [5, 5.41) is 9.21. The maximum Gasteiger partial charge on any atom is 0.508 e. The van der Waals surface area contributed by atoms with Crippen molar-refractivity contribution in [2.75, 3.05) is 47.1 Å². The average Bonchev–Trinajstić information content (AvgIpc) is 2.75. The Morgan fingerprint density at radius 2 is 1.68 bits per heavy atom. The van der Waals surface area contributed by atoms with E-state index in [4.69, 9.17) is 18.9 Å². The van der Waals surface area contributed by atoms with Gasteiger partial charge in [0, 0.05) is 32.8 Å². The van der Waals surface area contributed by atoms with Crippen LogP contribution in [-0.4, -0.2) is 75.6 Å². The monoisotopic (exact) mass is 445 g/mol. The van der Waals surface area contributed by atoms with E-state index in [9.17, 15) is 9.90 Å². The highest BCUT2D eigenvalue weighted by Gasteiger charge is 2.15. The molecule has 1 heterocycles. The summed E-state index contributed by atoms with van der Waals surface area (Å²) >= 11 is 0. The van der Waals surface area contributed by atoms with Crippen molar-refractivity contribution in [1.82, 2.24) is 4.90 Å². The molecular weight excluding hydrogens is 398 g/mol. The summed E-state index contributed by atoms with van der Waals surface area (Å²) in [5.74, 6) is 0. The molecule has 0 aromatic heterocycles. The molecule has 0 radical (unpaired) electrons. The summed E-state index contributed by atoms with van der Waals surface area (Å²) < 4.78 is 21.8. The predicted octanol–water partition coefficient (Wildman–Crippen LogP) is 4.90. The zero-order chi connectivity index (χ0) is 22.6. The van der Waals surface area contributed by atoms with Crippen LogP contribution in [0.4, 0.5) is 4.79 Å². The number of rotatable bonds is 19. The third kappa shape index (κ3) is 17.4. The zero-order valence-corrected chi connectivity index (χ0v) is 20.0. The molecule has 0 saturated carbocycles. The summed E-state index contributed by atoms with van der Waals surface area (Å²) in [5.41, 5.74) is 0. The first-order valence-electron chi connectivity index (χ1n) is 12.4. The number of carbonyl (C=O) groups excluding carboxylic acids is 1. The van der Waals surface area contributed by atoms with Gasteiger partial charge in [-0.2, -0.15) is 0 Å². The first-order chi connectivity index (χ1) is 15.1. The molecule has 31 heavy (non-hydrogen) atoms. The van der Waals surface area contributed by atoms with Gasteiger partial charge in [-0.15, -0.1) is 0 Å². The lowest BCUT2D eigenvalue weighted by Gasteiger charge is -2.22. The average molecular weight is 446 g/mol. The Morgan fingerprint density at radius 3 is 2.32 bits per heavy atom. The maximum atomic E-state index is 11.8. The largest absolute Gasteiger partial charge is 0.508 e. The van der Waals surface area contributed by atoms with Crippen LogP contribution in [0.2, 0.25) is 0 Å². The minimum atomic E-state index is -0.615. The Bertz CT molecular complexity index is 415. The lowest BCUT2D eigenvalue weighted by Crippen LogP contribution is -2.22. The Hall–Kier alpha value is -0.890. The van der Waals surface area contributed by atoms with Gasteiger partial charge in [0.15, 0.2) is 6.29 Å². The van der Waals surface area contributed by atoms with Crippen LogP contribution in [0.25, 0.3) is 0 Å². The Labute approximate surface area is 189 Å². The second kappa shape index (κ2) is 19.8. The molecule has 1 aliphatic rings. The highest BCUT2D eigenvalue weighted by molar-refractivity contribution is 5.60. The van der Waals surface area contributed by atoms with E-state index in [-0.39, 0.29) is 19.0 Å². The SMILES string of the molecule is CN(C)CCCOC(=O)OC(CCO)CCCCCCCCCCOC1CCCCO1. The van der Waals surface area contributed by atoms with Crippen LogP contribution in [-0.2, 0) is 18.9 Å². The first-order valence-corrected chi connectivity index (χ1v) is 12.4. The summed E-state index contributed by atoms with van der Waals surface area (Å²) in [6.07, 6.45) is 14.1. The summed E-state index contributed by atoms with van der Waals surface area (Å²) in [7, 11) is 3.97. The van der Waals surface area contributed by atoms with Crippen LogP contribution in [0.1, 0.15) is 89.9 Å². The standard InChI is InChI=1S/C24H47NO6/c1-25(2)17-13-21-30-24(27)31-22(16-18-26)14-9-7-5-3-4-6-8-11-19-28-23-15-10-12-20-29-23/h22-23,26H,3-21H2,1-2H3. The molecule has 2 atom stereocenters. The number of ether oxygens (including phenoxy) is 4. The third-order valence-corrected chi connectivity index (χ3v) is 5.55. The van der Waals surface area contributed by atoms with Crippen LogP contribution in [0.15, 0.2) is 0 Å². The van der Waals surface area contributed by atoms with Gasteiger partial charge in [-0.3, -0.25) is 0 Å². The molecule has 0 bridgehead atoms. The molecule has 1 saturated heterocycles. The van der Waals surface area contributed by atoms with E-state index in [0.717, 1.165) is 58.3 Å². The molecular formula is C24H47NO6. The van der Waals surface area contributed by atoms with Crippen LogP contribution in [0.5, 0.6) is 0 Å². The quantitative estimate of drug-likeness (QED) is 0.224. The Balaban J connectivity index is 1.92. The fraction of sp³-hybridized carbons (Fsp3) is 0.958. The molecule has 0 aliphatic carbocycles. The minimum Gasteiger partial charge on any atom is -0.434 e. The Morgan fingerprint density at radius 1 is 0.968 bits per heavy atom. The van der Waals surface area contributed by atoms with Gasteiger partial charge in [0.05, 0.1) is 6.61 Å². The van der Waals surface area contributed by atoms with Crippen LogP contribution < -0.4 is 0 Å². The van der Waals surface area contributed by atoms with E-state index in [2.05, 4.69) is 0 Å². The molecule has 2 unspecified atom stereocenters. The van der Waals surface area contributed by atoms with E-state index in [1.54, 1.807) is 0 Å². The fourth-order valence-corrected chi connectivity index (χ4v) is 3.70. The number of unbranched alkanes of at least 4 members (excludes halogenated alkanes) is 7. The number of hydrogen-bond acceptors (Lipinski definition) is 7. The highest BCUT2D eigenvalue weighted by atomic mass is 16.7. The number of nitrogens with zero attached hydrogens (tertiary/aromatic N) is 1. The van der Waals surface area contributed by atoms with Gasteiger partial charge in [0.1, 0.15) is 6.10 Å². The molecule has 0 aromatic carbocycles. The third-order valence-electron chi connectivity index (χ3n) is 5.55. The van der Waals surface area contributed by atoms with E-state index >= 15 is 0 Å². The van der Waals surface area contributed by atoms with Gasteiger partial charge >= 0.3 is 6.16 Å². The molecule has 1 aliphatic heterocycles. The molecule has 1 fully saturated rings. The van der Waals surface area contributed by atoms with Gasteiger partial charge in [-0.05, 0) is 59.0 Å². The molecule has 7 heteroatoms. The van der Waals surface area contributed by atoms with Gasteiger partial charge in [0.2, 0.25) is 0 Å². The van der Waals surface area contributed by atoms with Gasteiger partial charge in [-0.1, -0.05) is 38.5 Å². The predicted molar refractivity (Wildman–Crippen MR) is 122 cm³/mol. The molecule has 1 rings (SSSR count). The molecule has 0 aromatic rings. The Kier molecular flexibility index (Phi) is 17.9. The number of hydrogen-bond donors (Lipinski definition) is 1. The maximum absolute atomic E-state index is 11.8. The lowest BCUT2D eigenvalue weighted by atomic mass is 10.0. The van der Waals surface area contributed by atoms with Crippen molar-refractivity contribution in [2.24, 2.45) is 0 Å². The summed E-state index contributed by atoms with van der Waals surface area (Å²) in [6, 6.07) is 0.